The van der Waals surface area contributed by atoms with Crippen molar-refractivity contribution < 1.29 is 14.3 Å². The van der Waals surface area contributed by atoms with Gasteiger partial charge in [-0.25, -0.2) is 0 Å². The van der Waals surface area contributed by atoms with Crippen LogP contribution in [0.1, 0.15) is 0 Å². The molecule has 0 saturated heterocycles. The van der Waals surface area contributed by atoms with Gasteiger partial charge in [0.1, 0.15) is 12.3 Å². The van der Waals surface area contributed by atoms with Crippen molar-refractivity contribution in [3.8, 4) is 5.75 Å². The lowest BCUT2D eigenvalue weighted by Gasteiger charge is -2.06. The van der Waals surface area contributed by atoms with E-state index in [0.717, 1.165) is 5.75 Å². The Hall–Kier alpha value is -2.48. The number of para-hydroxylation sites is 1. The van der Waals surface area contributed by atoms with Crippen LogP contribution in [0.25, 0.3) is 0 Å². The molecule has 0 saturated carbocycles. The maximum Gasteiger partial charge on any atom is 0.262 e. The van der Waals surface area contributed by atoms with Gasteiger partial charge >= 0.3 is 0 Å². The average molecular weight is 348 g/mol. The SMILES string of the molecule is CSCCNC(=O)Cn1cc(NC(=O)COc2ccccc2)cn1. The molecule has 128 valence electrons. The molecule has 0 radical (unpaired) electrons. The van der Waals surface area contributed by atoms with Crippen LogP contribution in [0, 0.1) is 0 Å². The van der Waals surface area contributed by atoms with E-state index in [4.69, 9.17) is 4.74 Å². The number of benzene rings is 1. The van der Waals surface area contributed by atoms with Crippen molar-refractivity contribution in [2.45, 2.75) is 6.54 Å². The van der Waals surface area contributed by atoms with Gasteiger partial charge in [0.15, 0.2) is 6.61 Å². The Balaban J connectivity index is 1.74. The van der Waals surface area contributed by atoms with Crippen LogP contribution >= 0.6 is 11.8 Å². The third-order valence-corrected chi connectivity index (χ3v) is 3.58. The number of carbonyl (C=O) groups excluding carboxylic acids is 2. The molecule has 1 aromatic carbocycles. The molecule has 2 rings (SSSR count). The number of anilines is 1. The largest absolute Gasteiger partial charge is 0.484 e. The first-order valence-electron chi connectivity index (χ1n) is 7.43. The fraction of sp³-hybridized carbons (Fsp3) is 0.312. The highest BCUT2D eigenvalue weighted by atomic mass is 32.2. The molecule has 0 spiro atoms. The van der Waals surface area contributed by atoms with Crippen molar-refractivity contribution in [1.82, 2.24) is 15.1 Å². The predicted molar refractivity (Wildman–Crippen MR) is 94.2 cm³/mol. The third-order valence-electron chi connectivity index (χ3n) is 2.96. The van der Waals surface area contributed by atoms with Crippen molar-refractivity contribution in [1.29, 1.82) is 0 Å². The van der Waals surface area contributed by atoms with Crippen molar-refractivity contribution in [3.63, 3.8) is 0 Å². The minimum Gasteiger partial charge on any atom is -0.484 e. The van der Waals surface area contributed by atoms with Crippen LogP contribution in [0.5, 0.6) is 5.75 Å². The minimum absolute atomic E-state index is 0.0929. The number of amides is 2. The van der Waals surface area contributed by atoms with Gasteiger partial charge in [0.25, 0.3) is 5.91 Å². The first-order valence-corrected chi connectivity index (χ1v) is 8.82. The van der Waals surface area contributed by atoms with Gasteiger partial charge in [-0.2, -0.15) is 16.9 Å². The second-order valence-electron chi connectivity index (χ2n) is 4.92. The molecule has 2 aromatic rings. The van der Waals surface area contributed by atoms with Crippen LogP contribution < -0.4 is 15.4 Å². The predicted octanol–water partition coefficient (Wildman–Crippen LogP) is 1.38. The molecule has 0 bridgehead atoms. The maximum absolute atomic E-state index is 11.8. The fourth-order valence-electron chi connectivity index (χ4n) is 1.87. The van der Waals surface area contributed by atoms with Gasteiger partial charge in [-0.3, -0.25) is 14.3 Å². The summed E-state index contributed by atoms with van der Waals surface area (Å²) in [6, 6.07) is 9.10. The van der Waals surface area contributed by atoms with E-state index in [2.05, 4.69) is 15.7 Å². The van der Waals surface area contributed by atoms with E-state index >= 15 is 0 Å². The zero-order chi connectivity index (χ0) is 17.2. The molecule has 8 heteroatoms. The molecule has 2 N–H and O–H groups in total. The van der Waals surface area contributed by atoms with Crippen molar-refractivity contribution >= 4 is 29.3 Å². The van der Waals surface area contributed by atoms with Gasteiger partial charge in [-0.05, 0) is 18.4 Å². The molecule has 24 heavy (non-hydrogen) atoms. The molecular weight excluding hydrogens is 328 g/mol. The summed E-state index contributed by atoms with van der Waals surface area (Å²) in [5.74, 6) is 1.10. The van der Waals surface area contributed by atoms with Gasteiger partial charge in [-0.1, -0.05) is 18.2 Å². The van der Waals surface area contributed by atoms with Crippen LogP contribution in [-0.4, -0.2) is 46.8 Å². The molecule has 1 heterocycles. The van der Waals surface area contributed by atoms with Crippen molar-refractivity contribution in [2.24, 2.45) is 0 Å². The lowest BCUT2D eigenvalue weighted by molar-refractivity contribution is -0.121. The van der Waals surface area contributed by atoms with Gasteiger partial charge < -0.3 is 15.4 Å². The average Bonchev–Trinajstić information content (AvgIpc) is 3.01. The number of ether oxygens (including phenoxy) is 1. The number of hydrogen-bond acceptors (Lipinski definition) is 5. The summed E-state index contributed by atoms with van der Waals surface area (Å²) in [4.78, 5) is 23.5. The molecule has 7 nitrogen and oxygen atoms in total. The molecule has 0 fully saturated rings. The lowest BCUT2D eigenvalue weighted by Crippen LogP contribution is -2.29. The number of thioether (sulfide) groups is 1. The van der Waals surface area contributed by atoms with E-state index in [-0.39, 0.29) is 25.0 Å². The minimum atomic E-state index is -0.289. The number of rotatable bonds is 9. The Labute approximate surface area is 144 Å². The van der Waals surface area contributed by atoms with Crippen molar-refractivity contribution in [3.05, 3.63) is 42.7 Å². The summed E-state index contributed by atoms with van der Waals surface area (Å²) >= 11 is 1.67. The molecule has 1 aromatic heterocycles. The van der Waals surface area contributed by atoms with E-state index in [1.165, 1.54) is 10.9 Å². The second kappa shape index (κ2) is 9.61. The molecular formula is C16H20N4O3S. The summed E-state index contributed by atoms with van der Waals surface area (Å²) in [5, 5.41) is 9.52. The summed E-state index contributed by atoms with van der Waals surface area (Å²) in [5.41, 5.74) is 0.522. The molecule has 0 aliphatic carbocycles. The standard InChI is InChI=1S/C16H20N4O3S/c1-24-8-7-17-15(21)11-20-10-13(9-18-20)19-16(22)12-23-14-5-3-2-4-6-14/h2-6,9-10H,7-8,11-12H2,1H3,(H,17,21)(H,19,22). The van der Waals surface area contributed by atoms with Gasteiger partial charge in [-0.15, -0.1) is 0 Å². The molecule has 0 aliphatic rings. The Morgan fingerprint density at radius 2 is 2.04 bits per heavy atom. The van der Waals surface area contributed by atoms with E-state index < -0.39 is 0 Å². The molecule has 0 aliphatic heterocycles. The fourth-order valence-corrected chi connectivity index (χ4v) is 2.18. The zero-order valence-electron chi connectivity index (χ0n) is 13.4. The zero-order valence-corrected chi connectivity index (χ0v) is 14.2. The highest BCUT2D eigenvalue weighted by Gasteiger charge is 2.08. The highest BCUT2D eigenvalue weighted by molar-refractivity contribution is 7.98. The van der Waals surface area contributed by atoms with Crippen LogP contribution in [0.4, 0.5) is 5.69 Å². The Kier molecular flexibility index (Phi) is 7.16. The Morgan fingerprint density at radius 1 is 1.25 bits per heavy atom. The number of hydrogen-bond donors (Lipinski definition) is 2. The Morgan fingerprint density at radius 3 is 2.79 bits per heavy atom. The molecule has 0 atom stereocenters. The first kappa shape index (κ1) is 17.9. The smallest absolute Gasteiger partial charge is 0.262 e. The lowest BCUT2D eigenvalue weighted by atomic mass is 10.3. The van der Waals surface area contributed by atoms with Crippen molar-refractivity contribution in [2.75, 3.05) is 30.5 Å². The number of aromatic nitrogens is 2. The quantitative estimate of drug-likeness (QED) is 0.669. The highest BCUT2D eigenvalue weighted by Crippen LogP contribution is 2.09. The Bertz CT molecular complexity index is 660. The number of nitrogens with one attached hydrogen (secondary N) is 2. The topological polar surface area (TPSA) is 85.2 Å². The van der Waals surface area contributed by atoms with E-state index in [0.29, 0.717) is 18.0 Å². The van der Waals surface area contributed by atoms with E-state index in [1.54, 1.807) is 30.1 Å². The number of nitrogens with zero attached hydrogens (tertiary/aromatic N) is 2. The van der Waals surface area contributed by atoms with E-state index in [9.17, 15) is 9.59 Å². The molecule has 0 unspecified atom stereocenters. The summed E-state index contributed by atoms with van der Waals surface area (Å²) in [7, 11) is 0. The van der Waals surface area contributed by atoms with E-state index in [1.807, 2.05) is 24.5 Å². The van der Waals surface area contributed by atoms with Crippen LogP contribution in [0.15, 0.2) is 42.7 Å². The number of carbonyl (C=O) groups is 2. The van der Waals surface area contributed by atoms with Crippen LogP contribution in [0.2, 0.25) is 0 Å². The monoisotopic (exact) mass is 348 g/mol. The second-order valence-corrected chi connectivity index (χ2v) is 5.90. The molecule has 2 amide bonds. The first-order chi connectivity index (χ1) is 11.7. The normalized spacial score (nSPS) is 10.2. The third kappa shape index (κ3) is 6.33. The maximum atomic E-state index is 11.8. The van der Waals surface area contributed by atoms with Gasteiger partial charge in [0.2, 0.25) is 5.91 Å². The summed E-state index contributed by atoms with van der Waals surface area (Å²) in [6.07, 6.45) is 5.08. The van der Waals surface area contributed by atoms with Crippen LogP contribution in [0.3, 0.4) is 0 Å². The van der Waals surface area contributed by atoms with Gasteiger partial charge in [0, 0.05) is 18.5 Å². The van der Waals surface area contributed by atoms with Crippen LogP contribution in [-0.2, 0) is 16.1 Å². The summed E-state index contributed by atoms with van der Waals surface area (Å²) < 4.78 is 6.84. The summed E-state index contributed by atoms with van der Waals surface area (Å²) in [6.45, 7) is 0.650. The van der Waals surface area contributed by atoms with Gasteiger partial charge in [0.05, 0.1) is 11.9 Å².